The number of hydrogen-bond acceptors (Lipinski definition) is 6. The number of amides is 1. The Morgan fingerprint density at radius 2 is 2.05 bits per heavy atom. The van der Waals surface area contributed by atoms with Gasteiger partial charge >= 0.3 is 11.6 Å². The Balaban J connectivity index is 1.84. The van der Waals surface area contributed by atoms with E-state index in [-0.39, 0.29) is 5.76 Å². The molecule has 3 rings (SSSR count). The number of fused-ring (bicyclic) bond motifs is 1. The smallest absolute Gasteiger partial charge is 0.408 e. The third kappa shape index (κ3) is 2.39. The van der Waals surface area contributed by atoms with E-state index >= 15 is 0 Å². The van der Waals surface area contributed by atoms with Crippen molar-refractivity contribution in [3.8, 4) is 0 Å². The molecule has 2 N–H and O–H groups in total. The molecule has 1 amide bonds. The van der Waals surface area contributed by atoms with Gasteiger partial charge in [0.05, 0.1) is 11.6 Å². The lowest BCUT2D eigenvalue weighted by Gasteiger charge is -2.02. The lowest BCUT2D eigenvalue weighted by molar-refractivity contribution is -0.402. The van der Waals surface area contributed by atoms with Crippen molar-refractivity contribution in [1.82, 2.24) is 4.98 Å². The van der Waals surface area contributed by atoms with Crippen LogP contribution in [0.25, 0.3) is 11.1 Å². The van der Waals surface area contributed by atoms with E-state index < -0.39 is 22.5 Å². The Hall–Kier alpha value is -3.36. The normalized spacial score (nSPS) is 10.7. The number of carbonyl (C=O) groups is 1. The van der Waals surface area contributed by atoms with Gasteiger partial charge in [0, 0.05) is 5.69 Å². The molecule has 3 aromatic rings. The van der Waals surface area contributed by atoms with E-state index in [0.717, 1.165) is 6.07 Å². The Labute approximate surface area is 115 Å². The largest absolute Gasteiger partial charge is 0.433 e. The molecule has 0 aliphatic heterocycles. The zero-order chi connectivity index (χ0) is 15.0. The van der Waals surface area contributed by atoms with Gasteiger partial charge in [-0.05, 0) is 24.3 Å². The second-order valence-electron chi connectivity index (χ2n) is 4.07. The predicted octanol–water partition coefficient (Wildman–Crippen LogP) is 1.87. The zero-order valence-electron chi connectivity index (χ0n) is 10.3. The summed E-state index contributed by atoms with van der Waals surface area (Å²) in [5.74, 6) is -1.96. The molecule has 0 unspecified atom stereocenters. The van der Waals surface area contributed by atoms with Crippen molar-refractivity contribution >= 4 is 28.6 Å². The van der Waals surface area contributed by atoms with Crippen molar-refractivity contribution in [2.24, 2.45) is 0 Å². The van der Waals surface area contributed by atoms with Gasteiger partial charge in [0.2, 0.25) is 0 Å². The Morgan fingerprint density at radius 1 is 1.24 bits per heavy atom. The SMILES string of the molecule is O=C(Nc1ccc2oc(=O)[nH]c2c1)c1ccc([N+](=O)[O-])o1. The van der Waals surface area contributed by atoms with Crippen LogP contribution in [-0.2, 0) is 0 Å². The van der Waals surface area contributed by atoms with Crippen molar-refractivity contribution in [2.45, 2.75) is 0 Å². The monoisotopic (exact) mass is 289 g/mol. The Kier molecular flexibility index (Phi) is 2.79. The van der Waals surface area contributed by atoms with Crippen LogP contribution >= 0.6 is 0 Å². The van der Waals surface area contributed by atoms with Crippen LogP contribution in [0.3, 0.4) is 0 Å². The maximum atomic E-state index is 11.9. The minimum absolute atomic E-state index is 0.192. The lowest BCUT2D eigenvalue weighted by Crippen LogP contribution is -2.10. The Morgan fingerprint density at radius 3 is 2.76 bits per heavy atom. The molecular formula is C12H7N3O6. The first-order valence-electron chi connectivity index (χ1n) is 5.71. The van der Waals surface area contributed by atoms with Gasteiger partial charge in [-0.1, -0.05) is 0 Å². The number of benzene rings is 1. The van der Waals surface area contributed by atoms with Crippen LogP contribution in [0.2, 0.25) is 0 Å². The topological polar surface area (TPSA) is 131 Å². The van der Waals surface area contributed by atoms with Gasteiger partial charge < -0.3 is 14.2 Å². The summed E-state index contributed by atoms with van der Waals surface area (Å²) in [4.78, 5) is 35.1. The third-order valence-electron chi connectivity index (χ3n) is 2.67. The molecular weight excluding hydrogens is 282 g/mol. The highest BCUT2D eigenvalue weighted by Crippen LogP contribution is 2.19. The minimum atomic E-state index is -0.737. The second-order valence-corrected chi connectivity index (χ2v) is 4.07. The molecule has 2 aromatic heterocycles. The molecule has 21 heavy (non-hydrogen) atoms. The van der Waals surface area contributed by atoms with Crippen LogP contribution in [-0.4, -0.2) is 15.8 Å². The molecule has 1 aromatic carbocycles. The first kappa shape index (κ1) is 12.7. The summed E-state index contributed by atoms with van der Waals surface area (Å²) >= 11 is 0. The molecule has 0 aliphatic rings. The fourth-order valence-corrected chi connectivity index (χ4v) is 1.77. The third-order valence-corrected chi connectivity index (χ3v) is 2.67. The van der Waals surface area contributed by atoms with E-state index in [4.69, 9.17) is 8.83 Å². The summed E-state index contributed by atoms with van der Waals surface area (Å²) < 4.78 is 9.61. The molecule has 9 heteroatoms. The van der Waals surface area contributed by atoms with Gasteiger partial charge in [-0.2, -0.15) is 0 Å². The van der Waals surface area contributed by atoms with Crippen molar-refractivity contribution in [3.05, 3.63) is 56.8 Å². The summed E-state index contributed by atoms with van der Waals surface area (Å²) in [7, 11) is 0. The highest BCUT2D eigenvalue weighted by Gasteiger charge is 2.17. The van der Waals surface area contributed by atoms with E-state index in [0.29, 0.717) is 16.8 Å². The first-order chi connectivity index (χ1) is 10.0. The quantitative estimate of drug-likeness (QED) is 0.558. The number of anilines is 1. The molecule has 106 valence electrons. The number of H-pyrrole nitrogens is 1. The fraction of sp³-hybridized carbons (Fsp3) is 0. The van der Waals surface area contributed by atoms with Gasteiger partial charge in [-0.25, -0.2) is 4.79 Å². The van der Waals surface area contributed by atoms with Crippen molar-refractivity contribution in [3.63, 3.8) is 0 Å². The highest BCUT2D eigenvalue weighted by molar-refractivity contribution is 6.03. The van der Waals surface area contributed by atoms with E-state index in [9.17, 15) is 19.7 Å². The minimum Gasteiger partial charge on any atom is -0.408 e. The number of aromatic nitrogens is 1. The standard InChI is InChI=1S/C12H7N3O6/c16-11(9-3-4-10(20-9)15(18)19)13-6-1-2-8-7(5-6)14-12(17)21-8/h1-5H,(H,13,16)(H,14,17). The predicted molar refractivity (Wildman–Crippen MR) is 70.2 cm³/mol. The maximum Gasteiger partial charge on any atom is 0.433 e. The number of oxazole rings is 1. The molecule has 0 fully saturated rings. The second kappa shape index (κ2) is 4.63. The molecule has 0 aliphatic carbocycles. The Bertz CT molecular complexity index is 903. The number of hydrogen-bond donors (Lipinski definition) is 2. The summed E-state index contributed by atoms with van der Waals surface area (Å²) in [6.45, 7) is 0. The van der Waals surface area contributed by atoms with Crippen molar-refractivity contribution in [2.75, 3.05) is 5.32 Å². The zero-order valence-corrected chi connectivity index (χ0v) is 10.3. The molecule has 0 bridgehead atoms. The average molecular weight is 289 g/mol. The number of aromatic amines is 1. The van der Waals surface area contributed by atoms with Gasteiger partial charge in [0.1, 0.15) is 4.92 Å². The van der Waals surface area contributed by atoms with Crippen LogP contribution in [0.15, 0.2) is 44.0 Å². The molecule has 0 saturated carbocycles. The van der Waals surface area contributed by atoms with Gasteiger partial charge in [-0.3, -0.25) is 19.9 Å². The summed E-state index contributed by atoms with van der Waals surface area (Å²) in [6, 6.07) is 6.81. The first-order valence-corrected chi connectivity index (χ1v) is 5.71. The molecule has 9 nitrogen and oxygen atoms in total. The number of nitrogens with one attached hydrogen (secondary N) is 2. The lowest BCUT2D eigenvalue weighted by atomic mass is 10.3. The van der Waals surface area contributed by atoms with Crippen molar-refractivity contribution < 1.29 is 18.6 Å². The molecule has 0 saturated heterocycles. The van der Waals surface area contributed by atoms with E-state index in [2.05, 4.69) is 10.3 Å². The van der Waals surface area contributed by atoms with Crippen molar-refractivity contribution in [1.29, 1.82) is 0 Å². The molecule has 0 atom stereocenters. The maximum absolute atomic E-state index is 11.9. The van der Waals surface area contributed by atoms with E-state index in [1.807, 2.05) is 0 Å². The fourth-order valence-electron chi connectivity index (χ4n) is 1.77. The van der Waals surface area contributed by atoms with Crippen LogP contribution < -0.4 is 11.1 Å². The van der Waals surface area contributed by atoms with Gasteiger partial charge in [0.15, 0.2) is 11.3 Å². The average Bonchev–Trinajstić information content (AvgIpc) is 3.03. The van der Waals surface area contributed by atoms with Gasteiger partial charge in [0.25, 0.3) is 5.91 Å². The number of carbonyl (C=O) groups excluding carboxylic acids is 1. The van der Waals surface area contributed by atoms with Crippen LogP contribution in [0, 0.1) is 10.1 Å². The van der Waals surface area contributed by atoms with Crippen LogP contribution in [0.4, 0.5) is 11.6 Å². The summed E-state index contributed by atoms with van der Waals surface area (Å²) in [5.41, 5.74) is 1.15. The summed E-state index contributed by atoms with van der Waals surface area (Å²) in [6.07, 6.45) is 0. The molecule has 0 radical (unpaired) electrons. The van der Waals surface area contributed by atoms with Crippen LogP contribution in [0.5, 0.6) is 0 Å². The number of nitrogens with zero attached hydrogens (tertiary/aromatic N) is 1. The van der Waals surface area contributed by atoms with Crippen LogP contribution in [0.1, 0.15) is 10.6 Å². The molecule has 2 heterocycles. The van der Waals surface area contributed by atoms with E-state index in [1.165, 1.54) is 24.3 Å². The number of nitro groups is 1. The van der Waals surface area contributed by atoms with Gasteiger partial charge in [-0.15, -0.1) is 0 Å². The highest BCUT2D eigenvalue weighted by atomic mass is 16.6. The number of furan rings is 1. The molecule has 0 spiro atoms. The van der Waals surface area contributed by atoms with E-state index in [1.54, 1.807) is 0 Å². The number of rotatable bonds is 3. The summed E-state index contributed by atoms with van der Waals surface area (Å²) in [5, 5.41) is 13.0.